The Morgan fingerprint density at radius 3 is 2.93 bits per heavy atom. The minimum atomic E-state index is -0.637. The van der Waals surface area contributed by atoms with E-state index in [0.29, 0.717) is 12.2 Å². The normalized spacial score (nSPS) is 23.6. The monoisotopic (exact) mass is 210 g/mol. The van der Waals surface area contributed by atoms with Crippen LogP contribution in [0.2, 0.25) is 0 Å². The van der Waals surface area contributed by atoms with Crippen molar-refractivity contribution in [3.05, 3.63) is 35.6 Å². The first-order valence-electron chi connectivity index (χ1n) is 4.80. The standard InChI is InChI=1S/C11H11FO3/c1-2-14-11(13)10-9(15-10)7-5-3-4-6-8(7)12/h3-6,9-10H,2H2,1H3/t9-,10-/m1/s1. The molecule has 0 amide bonds. The van der Waals surface area contributed by atoms with Gasteiger partial charge in [0.15, 0.2) is 6.10 Å². The molecule has 4 heteroatoms. The lowest BCUT2D eigenvalue weighted by atomic mass is 10.1. The fourth-order valence-corrected chi connectivity index (χ4v) is 1.46. The van der Waals surface area contributed by atoms with Crippen molar-refractivity contribution in [2.75, 3.05) is 6.61 Å². The van der Waals surface area contributed by atoms with Gasteiger partial charge < -0.3 is 9.47 Å². The number of hydrogen-bond acceptors (Lipinski definition) is 3. The zero-order chi connectivity index (χ0) is 10.8. The number of hydrogen-bond donors (Lipinski definition) is 0. The van der Waals surface area contributed by atoms with Crippen LogP contribution in [0.1, 0.15) is 18.6 Å². The fraction of sp³-hybridized carbons (Fsp3) is 0.364. The van der Waals surface area contributed by atoms with Gasteiger partial charge >= 0.3 is 5.97 Å². The summed E-state index contributed by atoms with van der Waals surface area (Å²) in [6.07, 6.45) is -1.12. The maximum Gasteiger partial charge on any atom is 0.338 e. The lowest BCUT2D eigenvalue weighted by molar-refractivity contribution is -0.144. The van der Waals surface area contributed by atoms with Crippen LogP contribution in [-0.2, 0) is 14.3 Å². The molecule has 1 fully saturated rings. The topological polar surface area (TPSA) is 38.8 Å². The van der Waals surface area contributed by atoms with Gasteiger partial charge in [-0.25, -0.2) is 9.18 Å². The lowest BCUT2D eigenvalue weighted by Gasteiger charge is -1.98. The number of carbonyl (C=O) groups excluding carboxylic acids is 1. The second kappa shape index (κ2) is 3.98. The Morgan fingerprint density at radius 1 is 1.53 bits per heavy atom. The van der Waals surface area contributed by atoms with Crippen molar-refractivity contribution in [2.24, 2.45) is 0 Å². The Balaban J connectivity index is 2.05. The Labute approximate surface area is 86.8 Å². The van der Waals surface area contributed by atoms with Gasteiger partial charge in [0.25, 0.3) is 0 Å². The molecule has 0 aromatic heterocycles. The summed E-state index contributed by atoms with van der Waals surface area (Å²) < 4.78 is 23.1. The zero-order valence-electron chi connectivity index (χ0n) is 8.27. The molecule has 1 aliphatic heterocycles. The molecule has 1 saturated heterocycles. The van der Waals surface area contributed by atoms with Crippen LogP contribution >= 0.6 is 0 Å². The van der Waals surface area contributed by atoms with Crippen molar-refractivity contribution < 1.29 is 18.7 Å². The zero-order valence-corrected chi connectivity index (χ0v) is 8.27. The van der Waals surface area contributed by atoms with Gasteiger partial charge in [0.2, 0.25) is 0 Å². The van der Waals surface area contributed by atoms with Crippen LogP contribution in [-0.4, -0.2) is 18.7 Å². The summed E-state index contributed by atoms with van der Waals surface area (Å²) >= 11 is 0. The van der Waals surface area contributed by atoms with Crippen LogP contribution in [0.15, 0.2) is 24.3 Å². The number of epoxide rings is 1. The summed E-state index contributed by atoms with van der Waals surface area (Å²) in [5.74, 6) is -0.778. The maximum absolute atomic E-state index is 13.3. The van der Waals surface area contributed by atoms with Crippen LogP contribution in [0.4, 0.5) is 4.39 Å². The van der Waals surface area contributed by atoms with Crippen LogP contribution < -0.4 is 0 Å². The highest BCUT2D eigenvalue weighted by Gasteiger charge is 2.48. The second-order valence-electron chi connectivity index (χ2n) is 3.25. The highest BCUT2D eigenvalue weighted by Crippen LogP contribution is 2.40. The molecule has 15 heavy (non-hydrogen) atoms. The summed E-state index contributed by atoms with van der Waals surface area (Å²) in [4.78, 5) is 11.2. The van der Waals surface area contributed by atoms with E-state index in [2.05, 4.69) is 0 Å². The first-order chi connectivity index (χ1) is 7.24. The Kier molecular flexibility index (Phi) is 2.68. The Bertz CT molecular complexity index is 378. The summed E-state index contributed by atoms with van der Waals surface area (Å²) in [5, 5.41) is 0. The molecule has 2 rings (SSSR count). The van der Waals surface area contributed by atoms with Gasteiger partial charge in [0.05, 0.1) is 6.61 Å². The number of esters is 1. The lowest BCUT2D eigenvalue weighted by Crippen LogP contribution is -2.12. The van der Waals surface area contributed by atoms with E-state index in [9.17, 15) is 9.18 Å². The van der Waals surface area contributed by atoms with E-state index < -0.39 is 18.2 Å². The first-order valence-corrected chi connectivity index (χ1v) is 4.80. The predicted octanol–water partition coefficient (Wildman–Crippen LogP) is 1.83. The smallest absolute Gasteiger partial charge is 0.338 e. The quantitative estimate of drug-likeness (QED) is 0.564. The van der Waals surface area contributed by atoms with Crippen molar-refractivity contribution in [1.82, 2.24) is 0 Å². The van der Waals surface area contributed by atoms with Gasteiger partial charge in [0.1, 0.15) is 11.9 Å². The van der Waals surface area contributed by atoms with Gasteiger partial charge in [-0.2, -0.15) is 0 Å². The Hall–Kier alpha value is -1.42. The van der Waals surface area contributed by atoms with Crippen LogP contribution in [0.5, 0.6) is 0 Å². The molecule has 0 aliphatic carbocycles. The fourth-order valence-electron chi connectivity index (χ4n) is 1.46. The molecule has 3 nitrogen and oxygen atoms in total. The molecular weight excluding hydrogens is 199 g/mol. The molecule has 1 aliphatic rings. The third kappa shape index (κ3) is 1.99. The van der Waals surface area contributed by atoms with E-state index in [4.69, 9.17) is 9.47 Å². The van der Waals surface area contributed by atoms with Crippen molar-refractivity contribution in [2.45, 2.75) is 19.1 Å². The van der Waals surface area contributed by atoms with Gasteiger partial charge in [-0.15, -0.1) is 0 Å². The first kappa shape index (κ1) is 10.1. The van der Waals surface area contributed by atoms with Crippen LogP contribution in [0, 0.1) is 5.82 Å². The van der Waals surface area contributed by atoms with E-state index in [-0.39, 0.29) is 5.82 Å². The molecule has 0 spiro atoms. The highest BCUT2D eigenvalue weighted by molar-refractivity contribution is 5.78. The summed E-state index contributed by atoms with van der Waals surface area (Å²) in [7, 11) is 0. The van der Waals surface area contributed by atoms with Crippen LogP contribution in [0.3, 0.4) is 0 Å². The maximum atomic E-state index is 13.3. The van der Waals surface area contributed by atoms with Crippen molar-refractivity contribution in [3.8, 4) is 0 Å². The molecule has 0 radical (unpaired) electrons. The minimum absolute atomic E-state index is 0.308. The van der Waals surface area contributed by atoms with Gasteiger partial charge in [-0.05, 0) is 13.0 Å². The molecule has 1 heterocycles. The third-order valence-electron chi connectivity index (χ3n) is 2.22. The van der Waals surface area contributed by atoms with Crippen molar-refractivity contribution >= 4 is 5.97 Å². The summed E-state index contributed by atoms with van der Waals surface area (Å²) in [6.45, 7) is 2.03. The number of carbonyl (C=O) groups is 1. The molecule has 80 valence electrons. The van der Waals surface area contributed by atoms with Gasteiger partial charge in [-0.1, -0.05) is 18.2 Å². The largest absolute Gasteiger partial charge is 0.464 e. The average molecular weight is 210 g/mol. The van der Waals surface area contributed by atoms with E-state index in [1.165, 1.54) is 6.07 Å². The number of benzene rings is 1. The summed E-state index contributed by atoms with van der Waals surface area (Å²) in [5.41, 5.74) is 0.413. The number of rotatable bonds is 3. The number of ether oxygens (including phenoxy) is 2. The molecule has 0 saturated carbocycles. The molecule has 0 bridgehead atoms. The summed E-state index contributed by atoms with van der Waals surface area (Å²) in [6, 6.07) is 6.27. The third-order valence-corrected chi connectivity index (χ3v) is 2.22. The molecule has 1 aromatic rings. The minimum Gasteiger partial charge on any atom is -0.464 e. The molecule has 1 aromatic carbocycles. The van der Waals surface area contributed by atoms with E-state index in [1.807, 2.05) is 0 Å². The van der Waals surface area contributed by atoms with Crippen molar-refractivity contribution in [3.63, 3.8) is 0 Å². The molecule has 0 unspecified atom stereocenters. The van der Waals surface area contributed by atoms with E-state index in [1.54, 1.807) is 25.1 Å². The molecule has 2 atom stereocenters. The second-order valence-corrected chi connectivity index (χ2v) is 3.25. The molecular formula is C11H11FO3. The Morgan fingerprint density at radius 2 is 2.27 bits per heavy atom. The van der Waals surface area contributed by atoms with Gasteiger partial charge in [0, 0.05) is 5.56 Å². The number of halogens is 1. The predicted molar refractivity (Wildman–Crippen MR) is 50.6 cm³/mol. The van der Waals surface area contributed by atoms with E-state index in [0.717, 1.165) is 0 Å². The highest BCUT2D eigenvalue weighted by atomic mass is 19.1. The van der Waals surface area contributed by atoms with E-state index >= 15 is 0 Å². The van der Waals surface area contributed by atoms with Crippen molar-refractivity contribution in [1.29, 1.82) is 0 Å². The van der Waals surface area contributed by atoms with Gasteiger partial charge in [-0.3, -0.25) is 0 Å². The SMILES string of the molecule is CCOC(=O)[C@@H]1O[C@@H]1c1ccccc1F. The average Bonchev–Trinajstić information content (AvgIpc) is 2.98. The van der Waals surface area contributed by atoms with Crippen LogP contribution in [0.25, 0.3) is 0 Å². The molecule has 0 N–H and O–H groups in total.